The molecule has 0 aromatic heterocycles. The third-order valence-corrected chi connectivity index (χ3v) is 3.94. The third-order valence-electron chi connectivity index (χ3n) is 3.01. The van der Waals surface area contributed by atoms with E-state index in [1.807, 2.05) is 0 Å². The largest absolute Gasteiger partial charge is 0.344 e. The van der Waals surface area contributed by atoms with E-state index in [1.54, 1.807) is 7.05 Å². The normalized spacial score (nSPS) is 18.3. The zero-order valence-corrected chi connectivity index (χ0v) is 12.0. The maximum absolute atomic E-state index is 11.9. The molecule has 0 aromatic carbocycles. The predicted octanol–water partition coefficient (Wildman–Crippen LogP) is -1.22. The minimum Gasteiger partial charge on any atom is -0.344 e. The van der Waals surface area contributed by atoms with Crippen molar-refractivity contribution < 1.29 is 13.2 Å². The summed E-state index contributed by atoms with van der Waals surface area (Å²) in [6.07, 6.45) is 2.23. The van der Waals surface area contributed by atoms with Gasteiger partial charge in [0.15, 0.2) is 0 Å². The average molecular weight is 277 g/mol. The van der Waals surface area contributed by atoms with Gasteiger partial charge in [0.25, 0.3) is 0 Å². The molecule has 0 radical (unpaired) electrons. The first-order valence-electron chi connectivity index (χ1n) is 6.23. The highest BCUT2D eigenvalue weighted by atomic mass is 32.2. The molecular formula is C11H23N3O3S. The fraction of sp³-hybridized carbons (Fsp3) is 0.909. The molecule has 0 aliphatic carbocycles. The van der Waals surface area contributed by atoms with Crippen molar-refractivity contribution in [3.8, 4) is 0 Å². The van der Waals surface area contributed by atoms with Crippen LogP contribution in [0.3, 0.4) is 0 Å². The van der Waals surface area contributed by atoms with Crippen LogP contribution in [0.25, 0.3) is 0 Å². The molecule has 1 saturated heterocycles. The van der Waals surface area contributed by atoms with Crippen LogP contribution in [-0.2, 0) is 14.6 Å². The van der Waals surface area contributed by atoms with Crippen LogP contribution in [0.15, 0.2) is 0 Å². The van der Waals surface area contributed by atoms with Crippen LogP contribution < -0.4 is 5.32 Å². The Bertz CT molecular complexity index is 362. The monoisotopic (exact) mass is 277 g/mol. The fourth-order valence-corrected chi connectivity index (χ4v) is 2.40. The number of nitrogens with one attached hydrogen (secondary N) is 1. The van der Waals surface area contributed by atoms with E-state index in [1.165, 1.54) is 11.2 Å². The molecule has 1 fully saturated rings. The van der Waals surface area contributed by atoms with Gasteiger partial charge in [-0.2, -0.15) is 0 Å². The lowest BCUT2D eigenvalue weighted by Gasteiger charge is -2.23. The Kier molecular flexibility index (Phi) is 6.04. The van der Waals surface area contributed by atoms with Crippen molar-refractivity contribution in [1.29, 1.82) is 0 Å². The van der Waals surface area contributed by atoms with E-state index in [9.17, 15) is 13.2 Å². The number of sulfone groups is 1. The van der Waals surface area contributed by atoms with E-state index in [4.69, 9.17) is 0 Å². The second-order valence-electron chi connectivity index (χ2n) is 4.82. The highest BCUT2D eigenvalue weighted by Gasteiger charge is 2.16. The molecule has 0 aromatic rings. The summed E-state index contributed by atoms with van der Waals surface area (Å²) in [4.78, 5) is 15.5. The molecule has 106 valence electrons. The molecule has 1 aliphatic rings. The van der Waals surface area contributed by atoms with Gasteiger partial charge in [-0.15, -0.1) is 0 Å². The van der Waals surface area contributed by atoms with Crippen molar-refractivity contribution >= 4 is 15.7 Å². The Labute approximate surface area is 109 Å². The lowest BCUT2D eigenvalue weighted by atomic mass is 10.3. The van der Waals surface area contributed by atoms with Crippen molar-refractivity contribution in [2.75, 3.05) is 58.3 Å². The Morgan fingerprint density at radius 2 is 2.06 bits per heavy atom. The first-order valence-corrected chi connectivity index (χ1v) is 8.29. The summed E-state index contributed by atoms with van der Waals surface area (Å²) in [6, 6.07) is 0. The zero-order chi connectivity index (χ0) is 13.6. The van der Waals surface area contributed by atoms with Crippen LogP contribution in [0.1, 0.15) is 6.42 Å². The quantitative estimate of drug-likeness (QED) is 0.682. The van der Waals surface area contributed by atoms with Crippen molar-refractivity contribution in [2.45, 2.75) is 6.42 Å². The maximum Gasteiger partial charge on any atom is 0.236 e. The summed E-state index contributed by atoms with van der Waals surface area (Å²) in [6.45, 7) is 4.32. The van der Waals surface area contributed by atoms with Gasteiger partial charge in [0.1, 0.15) is 9.84 Å². The van der Waals surface area contributed by atoms with Crippen molar-refractivity contribution in [3.63, 3.8) is 0 Å². The first-order chi connectivity index (χ1) is 8.38. The van der Waals surface area contributed by atoms with E-state index in [0.29, 0.717) is 6.54 Å². The summed E-state index contributed by atoms with van der Waals surface area (Å²) in [7, 11) is -1.35. The Hall–Kier alpha value is -0.660. The molecule has 1 N–H and O–H groups in total. The van der Waals surface area contributed by atoms with Crippen molar-refractivity contribution in [3.05, 3.63) is 0 Å². The van der Waals surface area contributed by atoms with Crippen LogP contribution in [0.4, 0.5) is 0 Å². The minimum atomic E-state index is -3.01. The summed E-state index contributed by atoms with van der Waals surface area (Å²) in [5, 5.41) is 3.28. The average Bonchev–Trinajstić information content (AvgIpc) is 2.53. The second kappa shape index (κ2) is 7.06. The molecule has 1 rings (SSSR count). The Morgan fingerprint density at radius 3 is 2.72 bits per heavy atom. The second-order valence-corrected chi connectivity index (χ2v) is 7.08. The van der Waals surface area contributed by atoms with Crippen LogP contribution in [0.2, 0.25) is 0 Å². The van der Waals surface area contributed by atoms with Gasteiger partial charge in [0, 0.05) is 32.9 Å². The number of amides is 1. The van der Waals surface area contributed by atoms with E-state index in [-0.39, 0.29) is 18.2 Å². The van der Waals surface area contributed by atoms with Crippen LogP contribution in [-0.4, -0.2) is 82.4 Å². The maximum atomic E-state index is 11.9. The summed E-state index contributed by atoms with van der Waals surface area (Å²) in [5.41, 5.74) is 0. The van der Waals surface area contributed by atoms with Gasteiger partial charge >= 0.3 is 0 Å². The smallest absolute Gasteiger partial charge is 0.236 e. The lowest BCUT2D eigenvalue weighted by Crippen LogP contribution is -2.41. The molecule has 6 nitrogen and oxygen atoms in total. The highest BCUT2D eigenvalue weighted by molar-refractivity contribution is 7.90. The number of carbonyl (C=O) groups is 1. The Morgan fingerprint density at radius 1 is 1.33 bits per heavy atom. The van der Waals surface area contributed by atoms with Crippen LogP contribution in [0, 0.1) is 0 Å². The number of hydrogen-bond donors (Lipinski definition) is 1. The number of carbonyl (C=O) groups excluding carboxylic acids is 1. The van der Waals surface area contributed by atoms with Crippen LogP contribution >= 0.6 is 0 Å². The van der Waals surface area contributed by atoms with Gasteiger partial charge in [-0.3, -0.25) is 9.69 Å². The number of likely N-dealkylation sites (N-methyl/N-ethyl adjacent to an activating group) is 1. The van der Waals surface area contributed by atoms with E-state index < -0.39 is 9.84 Å². The minimum absolute atomic E-state index is 0.0134. The SMILES string of the molecule is CN(CCS(C)(=O)=O)C(=O)CN1CCCNCC1. The Balaban J connectivity index is 2.34. The number of nitrogens with zero attached hydrogens (tertiary/aromatic N) is 2. The molecule has 0 bridgehead atoms. The fourth-order valence-electron chi connectivity index (χ4n) is 1.80. The molecule has 0 atom stereocenters. The molecule has 0 unspecified atom stereocenters. The summed E-state index contributed by atoms with van der Waals surface area (Å²) < 4.78 is 22.1. The van der Waals surface area contributed by atoms with Crippen molar-refractivity contribution in [2.24, 2.45) is 0 Å². The zero-order valence-electron chi connectivity index (χ0n) is 11.2. The predicted molar refractivity (Wildman–Crippen MR) is 71.3 cm³/mol. The first kappa shape index (κ1) is 15.4. The molecule has 1 heterocycles. The molecule has 0 spiro atoms. The summed E-state index contributed by atoms with van der Waals surface area (Å²) >= 11 is 0. The van der Waals surface area contributed by atoms with Gasteiger partial charge in [-0.25, -0.2) is 8.42 Å². The van der Waals surface area contributed by atoms with Gasteiger partial charge in [-0.1, -0.05) is 0 Å². The van der Waals surface area contributed by atoms with E-state index in [2.05, 4.69) is 10.2 Å². The standard InChI is InChI=1S/C11H23N3O3S/c1-13(8-9-18(2,16)17)11(15)10-14-6-3-4-12-5-7-14/h12H,3-10H2,1-2H3. The third kappa shape index (κ3) is 6.32. The van der Waals surface area contributed by atoms with E-state index >= 15 is 0 Å². The van der Waals surface area contributed by atoms with Gasteiger partial charge in [0.2, 0.25) is 5.91 Å². The van der Waals surface area contributed by atoms with E-state index in [0.717, 1.165) is 32.6 Å². The highest BCUT2D eigenvalue weighted by Crippen LogP contribution is 1.97. The molecular weight excluding hydrogens is 254 g/mol. The lowest BCUT2D eigenvalue weighted by molar-refractivity contribution is -0.130. The van der Waals surface area contributed by atoms with Gasteiger partial charge in [-0.05, 0) is 19.5 Å². The molecule has 1 aliphatic heterocycles. The van der Waals surface area contributed by atoms with Gasteiger partial charge < -0.3 is 10.2 Å². The molecule has 18 heavy (non-hydrogen) atoms. The molecule has 1 amide bonds. The summed E-state index contributed by atoms with van der Waals surface area (Å²) in [5.74, 6) is 0.0112. The molecule has 7 heteroatoms. The topological polar surface area (TPSA) is 69.7 Å². The van der Waals surface area contributed by atoms with Crippen LogP contribution in [0.5, 0.6) is 0 Å². The molecule has 0 saturated carbocycles. The van der Waals surface area contributed by atoms with Gasteiger partial charge in [0.05, 0.1) is 12.3 Å². The number of rotatable bonds is 5. The van der Waals surface area contributed by atoms with Crippen molar-refractivity contribution in [1.82, 2.24) is 15.1 Å². The number of hydrogen-bond acceptors (Lipinski definition) is 5.